The molecule has 2 nitrogen and oxygen atoms in total. The van der Waals surface area contributed by atoms with Gasteiger partial charge < -0.3 is 4.98 Å². The Labute approximate surface area is 81.0 Å². The molecule has 10 heavy (non-hydrogen) atoms. The number of aromatic nitrogens is 2. The van der Waals surface area contributed by atoms with E-state index < -0.39 is 0 Å². The van der Waals surface area contributed by atoms with Crippen molar-refractivity contribution in [2.24, 2.45) is 0 Å². The number of hydrogen-bond acceptors (Lipinski definition) is 1. The van der Waals surface area contributed by atoms with Crippen molar-refractivity contribution in [3.8, 4) is 0 Å². The SMILES string of the molecule is [NaH].c1cc2[nH]ccc2cn1. The number of nitrogens with one attached hydrogen (secondary N) is 1. The van der Waals surface area contributed by atoms with Gasteiger partial charge in [0.05, 0.1) is 0 Å². The van der Waals surface area contributed by atoms with Gasteiger partial charge in [0.15, 0.2) is 0 Å². The minimum atomic E-state index is 0. The summed E-state index contributed by atoms with van der Waals surface area (Å²) in [7, 11) is 0. The summed E-state index contributed by atoms with van der Waals surface area (Å²) >= 11 is 0. The zero-order chi connectivity index (χ0) is 6.10. The van der Waals surface area contributed by atoms with E-state index in [1.54, 1.807) is 6.20 Å². The molecule has 0 aliphatic carbocycles. The van der Waals surface area contributed by atoms with E-state index in [9.17, 15) is 0 Å². The maximum absolute atomic E-state index is 3.97. The van der Waals surface area contributed by atoms with Crippen LogP contribution in [-0.4, -0.2) is 39.5 Å². The maximum Gasteiger partial charge on any atom is 0.0484 e. The molecule has 0 amide bonds. The molecule has 0 spiro atoms. The molecule has 0 saturated carbocycles. The summed E-state index contributed by atoms with van der Waals surface area (Å²) in [5.74, 6) is 0. The molecule has 0 bridgehead atoms. The Morgan fingerprint density at radius 1 is 1.30 bits per heavy atom. The molecule has 0 saturated heterocycles. The molecule has 0 fully saturated rings. The van der Waals surface area contributed by atoms with E-state index in [2.05, 4.69) is 9.97 Å². The molecule has 3 heteroatoms. The van der Waals surface area contributed by atoms with Gasteiger partial charge >= 0.3 is 29.6 Å². The molecule has 2 rings (SSSR count). The van der Waals surface area contributed by atoms with Crippen molar-refractivity contribution in [1.82, 2.24) is 9.97 Å². The Kier molecular flexibility index (Phi) is 2.49. The first-order valence-electron chi connectivity index (χ1n) is 2.84. The van der Waals surface area contributed by atoms with E-state index in [4.69, 9.17) is 0 Å². The minimum Gasteiger partial charge on any atom is -0.361 e. The van der Waals surface area contributed by atoms with Gasteiger partial charge in [-0.2, -0.15) is 0 Å². The number of rotatable bonds is 0. The molecule has 46 valence electrons. The van der Waals surface area contributed by atoms with Crippen molar-refractivity contribution in [2.45, 2.75) is 0 Å². The van der Waals surface area contributed by atoms with Gasteiger partial charge in [0, 0.05) is 29.5 Å². The molecule has 2 aromatic rings. The molecular formula is C7H7N2Na. The Balaban J connectivity index is 0.000000500. The van der Waals surface area contributed by atoms with Crippen molar-refractivity contribution >= 4 is 40.5 Å². The maximum atomic E-state index is 3.97. The number of H-pyrrole nitrogens is 1. The first-order valence-corrected chi connectivity index (χ1v) is 2.84. The number of hydrogen-bond donors (Lipinski definition) is 1. The van der Waals surface area contributed by atoms with Gasteiger partial charge in [0.25, 0.3) is 0 Å². The summed E-state index contributed by atoms with van der Waals surface area (Å²) in [5, 5.41) is 1.16. The molecule has 0 aliphatic heterocycles. The van der Waals surface area contributed by atoms with Crippen LogP contribution in [0.15, 0.2) is 30.7 Å². The van der Waals surface area contributed by atoms with Crippen LogP contribution in [-0.2, 0) is 0 Å². The second-order valence-electron chi connectivity index (χ2n) is 1.94. The molecule has 1 N–H and O–H groups in total. The quantitative estimate of drug-likeness (QED) is 0.544. The van der Waals surface area contributed by atoms with Crippen LogP contribution in [0.5, 0.6) is 0 Å². The zero-order valence-electron chi connectivity index (χ0n) is 4.83. The first kappa shape index (κ1) is 7.79. The van der Waals surface area contributed by atoms with Gasteiger partial charge in [-0.05, 0) is 12.1 Å². The van der Waals surface area contributed by atoms with Crippen molar-refractivity contribution < 1.29 is 0 Å². The van der Waals surface area contributed by atoms with E-state index in [0.717, 1.165) is 10.9 Å². The van der Waals surface area contributed by atoms with Crippen LogP contribution in [0.25, 0.3) is 10.9 Å². The third-order valence-electron chi connectivity index (χ3n) is 1.35. The monoisotopic (exact) mass is 142 g/mol. The zero-order valence-corrected chi connectivity index (χ0v) is 4.83. The molecule has 0 radical (unpaired) electrons. The van der Waals surface area contributed by atoms with Crippen LogP contribution in [0.3, 0.4) is 0 Å². The Bertz CT molecular complexity index is 286. The average molecular weight is 142 g/mol. The predicted molar refractivity (Wildman–Crippen MR) is 43.2 cm³/mol. The normalized spacial score (nSPS) is 9.20. The van der Waals surface area contributed by atoms with E-state index >= 15 is 0 Å². The predicted octanol–water partition coefficient (Wildman–Crippen LogP) is 0.914. The second-order valence-corrected chi connectivity index (χ2v) is 1.94. The molecule has 0 atom stereocenters. The summed E-state index contributed by atoms with van der Waals surface area (Å²) in [6.45, 7) is 0. The van der Waals surface area contributed by atoms with E-state index in [0.29, 0.717) is 0 Å². The summed E-state index contributed by atoms with van der Waals surface area (Å²) in [5.41, 5.74) is 1.14. The van der Waals surface area contributed by atoms with Gasteiger partial charge in [0.1, 0.15) is 0 Å². The number of fused-ring (bicyclic) bond motifs is 1. The van der Waals surface area contributed by atoms with Crippen molar-refractivity contribution in [3.05, 3.63) is 30.7 Å². The van der Waals surface area contributed by atoms with Crippen molar-refractivity contribution in [1.29, 1.82) is 0 Å². The van der Waals surface area contributed by atoms with Gasteiger partial charge in [0.2, 0.25) is 0 Å². The second kappa shape index (κ2) is 3.19. The molecule has 0 aromatic carbocycles. The van der Waals surface area contributed by atoms with Crippen LogP contribution in [0, 0.1) is 0 Å². The van der Waals surface area contributed by atoms with E-state index in [1.165, 1.54) is 0 Å². The fourth-order valence-electron chi connectivity index (χ4n) is 0.892. The Morgan fingerprint density at radius 3 is 3.00 bits per heavy atom. The molecule has 0 aliphatic rings. The van der Waals surface area contributed by atoms with Gasteiger partial charge in [-0.3, -0.25) is 4.98 Å². The molecule has 2 aromatic heterocycles. The third kappa shape index (κ3) is 1.24. The van der Waals surface area contributed by atoms with Crippen LogP contribution < -0.4 is 0 Å². The summed E-state index contributed by atoms with van der Waals surface area (Å²) in [6.07, 6.45) is 5.52. The van der Waals surface area contributed by atoms with Crippen molar-refractivity contribution in [2.75, 3.05) is 0 Å². The summed E-state index contributed by atoms with van der Waals surface area (Å²) in [4.78, 5) is 7.04. The van der Waals surface area contributed by atoms with E-state index in [1.807, 2.05) is 24.5 Å². The number of pyridine rings is 1. The Hall–Kier alpha value is -0.310. The Morgan fingerprint density at radius 2 is 2.20 bits per heavy atom. The van der Waals surface area contributed by atoms with Crippen LogP contribution in [0.2, 0.25) is 0 Å². The van der Waals surface area contributed by atoms with Crippen LogP contribution in [0.1, 0.15) is 0 Å². The van der Waals surface area contributed by atoms with Gasteiger partial charge in [-0.25, -0.2) is 0 Å². The minimum absolute atomic E-state index is 0. The average Bonchev–Trinajstić information content (AvgIpc) is 2.33. The molecular weight excluding hydrogens is 135 g/mol. The number of aromatic amines is 1. The molecule has 2 heterocycles. The largest absolute Gasteiger partial charge is 0.361 e. The topological polar surface area (TPSA) is 28.7 Å². The first-order chi connectivity index (χ1) is 4.47. The van der Waals surface area contributed by atoms with Gasteiger partial charge in [-0.15, -0.1) is 0 Å². The van der Waals surface area contributed by atoms with Gasteiger partial charge in [-0.1, -0.05) is 0 Å². The van der Waals surface area contributed by atoms with Crippen LogP contribution >= 0.6 is 0 Å². The van der Waals surface area contributed by atoms with Crippen LogP contribution in [0.4, 0.5) is 0 Å². The molecule has 0 unspecified atom stereocenters. The smallest absolute Gasteiger partial charge is 0.0484 e. The fraction of sp³-hybridized carbons (Fsp3) is 0. The third-order valence-corrected chi connectivity index (χ3v) is 1.35. The summed E-state index contributed by atoms with van der Waals surface area (Å²) in [6, 6.07) is 3.96. The van der Waals surface area contributed by atoms with E-state index in [-0.39, 0.29) is 29.6 Å². The standard InChI is InChI=1S/C7H6N2.Na.H/c1-4-9-7-2-3-8-5-6(1)7;;/h1-5,9H;;. The summed E-state index contributed by atoms with van der Waals surface area (Å²) < 4.78 is 0. The fourth-order valence-corrected chi connectivity index (χ4v) is 0.892. The number of nitrogens with zero attached hydrogens (tertiary/aromatic N) is 1. The van der Waals surface area contributed by atoms with Crippen molar-refractivity contribution in [3.63, 3.8) is 0 Å².